The van der Waals surface area contributed by atoms with Crippen molar-refractivity contribution in [1.82, 2.24) is 0 Å². The van der Waals surface area contributed by atoms with E-state index in [9.17, 15) is 0 Å². The first-order chi connectivity index (χ1) is 23.0. The second kappa shape index (κ2) is 38.6. The average molecular weight is 673 g/mol. The molecule has 0 spiro atoms. The highest BCUT2D eigenvalue weighted by Crippen LogP contribution is 2.14. The molecule has 0 aromatic heterocycles. The number of rotatable bonds is 40. The maximum atomic E-state index is 6.23. The van der Waals surface area contributed by atoms with E-state index in [1.807, 2.05) is 0 Å². The topological polar surface area (TPSA) is 55.4 Å². The zero-order valence-electron chi connectivity index (χ0n) is 32.6. The number of hydrogen-bond donors (Lipinski definition) is 0. The Kier molecular flexibility index (Phi) is 38.4. The van der Waals surface area contributed by atoms with Gasteiger partial charge in [-0.25, -0.2) is 0 Å². The third-order valence-corrected chi connectivity index (χ3v) is 8.61. The summed E-state index contributed by atoms with van der Waals surface area (Å²) in [6.07, 6.45) is 32.6. The summed E-state index contributed by atoms with van der Waals surface area (Å²) in [5.74, 6) is 0. The van der Waals surface area contributed by atoms with Crippen LogP contribution in [-0.2, 0) is 28.4 Å². The third kappa shape index (κ3) is 41.8. The minimum atomic E-state index is -0.122. The highest BCUT2D eigenvalue weighted by molar-refractivity contribution is 4.59. The summed E-state index contributed by atoms with van der Waals surface area (Å²) in [4.78, 5) is 0. The van der Waals surface area contributed by atoms with Gasteiger partial charge in [-0.3, -0.25) is 0 Å². The highest BCUT2D eigenvalue weighted by Gasteiger charge is 2.11. The van der Waals surface area contributed by atoms with Crippen LogP contribution in [0.2, 0.25) is 0 Å². The Morgan fingerprint density at radius 2 is 0.660 bits per heavy atom. The Labute approximate surface area is 294 Å². The smallest absolute Gasteiger partial charge is 0.104 e. The minimum Gasteiger partial charge on any atom is -0.379 e. The first-order valence-electron chi connectivity index (χ1n) is 20.6. The lowest BCUT2D eigenvalue weighted by Crippen LogP contribution is -2.27. The quantitative estimate of drug-likeness (QED) is 0.0604. The van der Waals surface area contributed by atoms with Crippen molar-refractivity contribution >= 4 is 0 Å². The average Bonchev–Trinajstić information content (AvgIpc) is 3.05. The largest absolute Gasteiger partial charge is 0.379 e. The van der Waals surface area contributed by atoms with Crippen LogP contribution in [0.3, 0.4) is 0 Å². The molecule has 1 unspecified atom stereocenters. The van der Waals surface area contributed by atoms with Gasteiger partial charge < -0.3 is 28.4 Å². The van der Waals surface area contributed by atoms with E-state index in [4.69, 9.17) is 28.4 Å². The Balaban J connectivity index is 3.95. The normalized spacial score (nSPS) is 12.7. The molecular formula is C41H84O6. The molecule has 284 valence electrons. The molecule has 0 amide bonds. The van der Waals surface area contributed by atoms with E-state index < -0.39 is 0 Å². The second-order valence-corrected chi connectivity index (χ2v) is 14.6. The Morgan fingerprint density at radius 3 is 1.06 bits per heavy atom. The van der Waals surface area contributed by atoms with Crippen molar-refractivity contribution in [2.24, 2.45) is 0 Å². The fraction of sp³-hybridized carbons (Fsp3) is 1.00. The summed E-state index contributed by atoms with van der Waals surface area (Å²) in [7, 11) is 0. The van der Waals surface area contributed by atoms with Gasteiger partial charge in [-0.15, -0.1) is 0 Å². The number of hydrogen-bond acceptors (Lipinski definition) is 6. The summed E-state index contributed by atoms with van der Waals surface area (Å²) in [6, 6.07) is 0. The Hall–Kier alpha value is -0.240. The van der Waals surface area contributed by atoms with Crippen LogP contribution < -0.4 is 0 Å². The molecule has 1 atom stereocenters. The van der Waals surface area contributed by atoms with Crippen molar-refractivity contribution in [2.45, 2.75) is 200 Å². The Bertz CT molecular complexity index is 567. The molecule has 0 rings (SSSR count). The van der Waals surface area contributed by atoms with Gasteiger partial charge in [-0.05, 0) is 33.6 Å². The van der Waals surface area contributed by atoms with Crippen molar-refractivity contribution in [3.05, 3.63) is 0 Å². The van der Waals surface area contributed by atoms with E-state index in [0.717, 1.165) is 26.1 Å². The maximum absolute atomic E-state index is 6.23. The van der Waals surface area contributed by atoms with Crippen LogP contribution in [0.4, 0.5) is 0 Å². The molecule has 0 N–H and O–H groups in total. The van der Waals surface area contributed by atoms with Gasteiger partial charge in [-0.2, -0.15) is 0 Å². The maximum Gasteiger partial charge on any atom is 0.104 e. The molecule has 0 aliphatic rings. The van der Waals surface area contributed by atoms with Gasteiger partial charge in [0.05, 0.1) is 58.5 Å². The summed E-state index contributed by atoms with van der Waals surface area (Å²) < 4.78 is 35.1. The van der Waals surface area contributed by atoms with E-state index >= 15 is 0 Å². The van der Waals surface area contributed by atoms with E-state index in [2.05, 4.69) is 34.6 Å². The van der Waals surface area contributed by atoms with Crippen molar-refractivity contribution in [3.63, 3.8) is 0 Å². The van der Waals surface area contributed by atoms with Crippen LogP contribution in [0, 0.1) is 0 Å². The lowest BCUT2D eigenvalue weighted by atomic mass is 10.1. The molecule has 47 heavy (non-hydrogen) atoms. The zero-order valence-corrected chi connectivity index (χ0v) is 32.6. The van der Waals surface area contributed by atoms with Gasteiger partial charge in [0.1, 0.15) is 6.10 Å². The summed E-state index contributed by atoms with van der Waals surface area (Å²) in [6.45, 7) is 17.0. The third-order valence-electron chi connectivity index (χ3n) is 8.61. The summed E-state index contributed by atoms with van der Waals surface area (Å²) in [5, 5.41) is 0. The van der Waals surface area contributed by atoms with Gasteiger partial charge >= 0.3 is 0 Å². The van der Waals surface area contributed by atoms with Gasteiger partial charge in [0.25, 0.3) is 0 Å². The summed E-state index contributed by atoms with van der Waals surface area (Å²) in [5.41, 5.74) is -0.122. The van der Waals surface area contributed by atoms with Crippen molar-refractivity contribution in [2.75, 3.05) is 66.1 Å². The second-order valence-electron chi connectivity index (χ2n) is 14.6. The molecule has 0 aromatic rings. The van der Waals surface area contributed by atoms with Crippen LogP contribution in [0.25, 0.3) is 0 Å². The number of ether oxygens (including phenoxy) is 6. The monoisotopic (exact) mass is 673 g/mol. The molecule has 0 fully saturated rings. The predicted molar refractivity (Wildman–Crippen MR) is 201 cm³/mol. The molecule has 6 nitrogen and oxygen atoms in total. The van der Waals surface area contributed by atoms with Crippen molar-refractivity contribution < 1.29 is 28.4 Å². The van der Waals surface area contributed by atoms with E-state index in [-0.39, 0.29) is 11.7 Å². The van der Waals surface area contributed by atoms with E-state index in [1.54, 1.807) is 0 Å². The molecule has 0 radical (unpaired) electrons. The van der Waals surface area contributed by atoms with Crippen LogP contribution in [0.15, 0.2) is 0 Å². The molecule has 6 heteroatoms. The molecule has 0 aromatic carbocycles. The molecule has 0 aliphatic heterocycles. The summed E-state index contributed by atoms with van der Waals surface area (Å²) >= 11 is 0. The highest BCUT2D eigenvalue weighted by atomic mass is 16.6. The first kappa shape index (κ1) is 46.8. The van der Waals surface area contributed by atoms with E-state index in [0.29, 0.717) is 52.9 Å². The lowest BCUT2D eigenvalue weighted by molar-refractivity contribution is -0.0714. The van der Waals surface area contributed by atoms with Gasteiger partial charge in [0.2, 0.25) is 0 Å². The zero-order chi connectivity index (χ0) is 34.4. The number of unbranched alkanes of at least 4 members (excludes halogenated alkanes) is 22. The molecule has 0 saturated heterocycles. The molecule has 0 heterocycles. The molecule has 0 aliphatic carbocycles. The van der Waals surface area contributed by atoms with Gasteiger partial charge in [-0.1, -0.05) is 155 Å². The lowest BCUT2D eigenvalue weighted by Gasteiger charge is -2.19. The van der Waals surface area contributed by atoms with Crippen LogP contribution in [0.5, 0.6) is 0 Å². The van der Waals surface area contributed by atoms with Gasteiger partial charge in [0.15, 0.2) is 0 Å². The molecule has 0 saturated carbocycles. The van der Waals surface area contributed by atoms with Crippen molar-refractivity contribution in [1.29, 1.82) is 0 Å². The molecular weight excluding hydrogens is 588 g/mol. The van der Waals surface area contributed by atoms with Gasteiger partial charge in [0, 0.05) is 13.2 Å². The Morgan fingerprint density at radius 1 is 0.340 bits per heavy atom. The fourth-order valence-corrected chi connectivity index (χ4v) is 5.66. The van der Waals surface area contributed by atoms with Crippen LogP contribution in [0.1, 0.15) is 189 Å². The fourth-order valence-electron chi connectivity index (χ4n) is 5.66. The van der Waals surface area contributed by atoms with Crippen LogP contribution in [-0.4, -0.2) is 77.8 Å². The predicted octanol–water partition coefficient (Wildman–Crippen LogP) is 11.7. The van der Waals surface area contributed by atoms with Crippen molar-refractivity contribution in [3.8, 4) is 0 Å². The molecule has 0 bridgehead atoms. The minimum absolute atomic E-state index is 0.00816. The standard InChI is InChI=1S/C41H84O6/c1-6-8-10-12-14-16-18-20-22-24-26-28-30-44-38-40(39-45-35-34-42-32-33-43-36-37-47-41(3,4)5)46-31-29-27-25-23-21-19-17-15-13-11-9-7-2/h40H,6-39H2,1-5H3. The first-order valence-corrected chi connectivity index (χ1v) is 20.6. The van der Waals surface area contributed by atoms with E-state index in [1.165, 1.54) is 141 Å². The van der Waals surface area contributed by atoms with Crippen LogP contribution >= 0.6 is 0 Å². The SMILES string of the molecule is CCCCCCCCCCCCCCOCC(COCCOCCOCCOC(C)(C)C)OCCCCCCCCCCCCCC.